The van der Waals surface area contributed by atoms with Crippen LogP contribution in [0.5, 0.6) is 5.75 Å². The Labute approximate surface area is 212 Å². The number of carbonyl (C=O) groups excluding carboxylic acids is 1. The summed E-state index contributed by atoms with van der Waals surface area (Å²) in [6, 6.07) is 7.71. The van der Waals surface area contributed by atoms with Crippen LogP contribution in [0.1, 0.15) is 40.0 Å². The lowest BCUT2D eigenvalue weighted by Gasteiger charge is -2.33. The summed E-state index contributed by atoms with van der Waals surface area (Å²) in [7, 11) is 3.57. The van der Waals surface area contributed by atoms with Crippen LogP contribution in [0.4, 0.5) is 22.1 Å². The van der Waals surface area contributed by atoms with Crippen LogP contribution >= 0.6 is 0 Å². The van der Waals surface area contributed by atoms with Crippen LogP contribution in [0.15, 0.2) is 30.6 Å². The lowest BCUT2D eigenvalue weighted by molar-refractivity contribution is 0.0635. The Balaban J connectivity index is 1.65. The molecule has 1 aliphatic rings. The zero-order valence-corrected chi connectivity index (χ0v) is 21.8. The Hall–Kier alpha value is -3.53. The van der Waals surface area contributed by atoms with Crippen LogP contribution in [0.3, 0.4) is 0 Å². The molecular weight excluding hydrogens is 458 g/mol. The molecule has 0 spiro atoms. The number of amides is 1. The minimum Gasteiger partial charge on any atom is -0.495 e. The van der Waals surface area contributed by atoms with Crippen LogP contribution in [0.25, 0.3) is 16.6 Å². The lowest BCUT2D eigenvalue weighted by atomic mass is 9.93. The van der Waals surface area contributed by atoms with E-state index < -0.39 is 11.7 Å². The van der Waals surface area contributed by atoms with Crippen LogP contribution in [0, 0.1) is 5.92 Å². The highest BCUT2D eigenvalue weighted by Crippen LogP contribution is 2.38. The molecule has 1 aliphatic heterocycles. The zero-order chi connectivity index (χ0) is 25.9. The van der Waals surface area contributed by atoms with Crippen LogP contribution in [-0.2, 0) is 4.74 Å². The van der Waals surface area contributed by atoms with Crippen molar-refractivity contribution in [3.63, 3.8) is 0 Å². The first-order valence-corrected chi connectivity index (χ1v) is 12.4. The summed E-state index contributed by atoms with van der Waals surface area (Å²) < 4.78 is 12.9. The maximum absolute atomic E-state index is 12.3. The first-order valence-electron chi connectivity index (χ1n) is 12.4. The van der Waals surface area contributed by atoms with Gasteiger partial charge < -0.3 is 25.4 Å². The second-order valence-electron chi connectivity index (χ2n) is 10.2. The number of piperidine rings is 1. The number of methoxy groups -OCH3 is 1. The third-order valence-corrected chi connectivity index (χ3v) is 6.45. The van der Waals surface area contributed by atoms with Crippen LogP contribution in [-0.4, -0.2) is 60.1 Å². The van der Waals surface area contributed by atoms with E-state index in [-0.39, 0.29) is 0 Å². The molecule has 4 rings (SSSR count). The number of aromatic nitrogens is 3. The molecule has 0 unspecified atom stereocenters. The molecule has 2 aromatic heterocycles. The van der Waals surface area contributed by atoms with Crippen molar-refractivity contribution >= 4 is 28.9 Å². The molecular formula is C26H37N7O3. The molecule has 1 fully saturated rings. The van der Waals surface area contributed by atoms with Gasteiger partial charge in [0, 0.05) is 18.7 Å². The fraction of sp³-hybridized carbons (Fsp3) is 0.500. The first kappa shape index (κ1) is 25.6. The van der Waals surface area contributed by atoms with Crippen molar-refractivity contribution in [2.75, 3.05) is 49.7 Å². The molecule has 0 radical (unpaired) electrons. The standard InChI is InChI=1S/C26H37N7O3/c1-26(2,3)36-25(34)31-20-7-6-18(14-21(20)35-5)19-15-22(33-23(19)24(27)29-16-30-33)32-12-9-17(10-13-32)8-11-28-4/h6-7,14-17,28H,8-13H2,1-5H3,(H,31,34)(H2,27,29,30). The van der Waals surface area contributed by atoms with Crippen molar-refractivity contribution in [1.29, 1.82) is 0 Å². The summed E-state index contributed by atoms with van der Waals surface area (Å²) >= 11 is 0. The molecule has 194 valence electrons. The lowest BCUT2D eigenvalue weighted by Crippen LogP contribution is -2.35. The second kappa shape index (κ2) is 10.6. The zero-order valence-electron chi connectivity index (χ0n) is 21.8. The van der Waals surface area contributed by atoms with E-state index in [1.165, 1.54) is 12.7 Å². The number of ether oxygens (including phenoxy) is 2. The van der Waals surface area contributed by atoms with Crippen molar-refractivity contribution in [3.8, 4) is 16.9 Å². The normalized spacial score (nSPS) is 14.8. The average Bonchev–Trinajstić information content (AvgIpc) is 3.23. The Morgan fingerprint density at radius 2 is 1.97 bits per heavy atom. The number of fused-ring (bicyclic) bond motifs is 1. The van der Waals surface area contributed by atoms with Crippen molar-refractivity contribution in [3.05, 3.63) is 30.6 Å². The first-order chi connectivity index (χ1) is 17.2. The number of nitrogens with one attached hydrogen (secondary N) is 2. The monoisotopic (exact) mass is 495 g/mol. The molecule has 3 heterocycles. The molecule has 10 nitrogen and oxygen atoms in total. The maximum atomic E-state index is 12.3. The summed E-state index contributed by atoms with van der Waals surface area (Å²) in [6.45, 7) is 8.44. The van der Waals surface area contributed by atoms with Crippen molar-refractivity contribution in [2.24, 2.45) is 5.92 Å². The smallest absolute Gasteiger partial charge is 0.412 e. The highest BCUT2D eigenvalue weighted by Gasteiger charge is 2.25. The van der Waals surface area contributed by atoms with E-state index in [9.17, 15) is 4.79 Å². The van der Waals surface area contributed by atoms with Crippen LogP contribution < -0.4 is 26.0 Å². The minimum atomic E-state index is -0.599. The molecule has 0 atom stereocenters. The number of rotatable bonds is 7. The molecule has 0 bridgehead atoms. The molecule has 0 saturated carbocycles. The quantitative estimate of drug-likeness (QED) is 0.447. The molecule has 1 aromatic carbocycles. The minimum absolute atomic E-state index is 0.407. The van der Waals surface area contributed by atoms with Crippen molar-refractivity contribution < 1.29 is 14.3 Å². The summed E-state index contributed by atoms with van der Waals surface area (Å²) in [5.41, 5.74) is 8.80. The third-order valence-electron chi connectivity index (χ3n) is 6.45. The number of nitrogens with two attached hydrogens (primary N) is 1. The maximum Gasteiger partial charge on any atom is 0.412 e. The predicted octanol–water partition coefficient (Wildman–Crippen LogP) is 4.16. The number of nitrogen functional groups attached to an aromatic ring is 1. The van der Waals surface area contributed by atoms with E-state index >= 15 is 0 Å². The number of hydrogen-bond acceptors (Lipinski definition) is 8. The van der Waals surface area contributed by atoms with Gasteiger partial charge in [-0.1, -0.05) is 6.07 Å². The third kappa shape index (κ3) is 5.64. The summed E-state index contributed by atoms with van der Waals surface area (Å²) in [5, 5.41) is 10.6. The molecule has 10 heteroatoms. The number of anilines is 3. The second-order valence-corrected chi connectivity index (χ2v) is 10.2. The highest BCUT2D eigenvalue weighted by atomic mass is 16.6. The fourth-order valence-corrected chi connectivity index (χ4v) is 4.67. The summed E-state index contributed by atoms with van der Waals surface area (Å²) in [6.07, 6.45) is 4.43. The highest BCUT2D eigenvalue weighted by molar-refractivity contribution is 5.93. The van der Waals surface area contributed by atoms with Gasteiger partial charge in [0.15, 0.2) is 5.82 Å². The van der Waals surface area contributed by atoms with Gasteiger partial charge in [-0.3, -0.25) is 5.32 Å². The van der Waals surface area contributed by atoms with Gasteiger partial charge >= 0.3 is 6.09 Å². The SMILES string of the molecule is CNCCC1CCN(c2cc(-c3ccc(NC(=O)OC(C)(C)C)c(OC)c3)c3c(N)ncnn23)CC1. The Kier molecular flexibility index (Phi) is 7.53. The van der Waals surface area contributed by atoms with E-state index in [0.29, 0.717) is 17.3 Å². The Morgan fingerprint density at radius 3 is 2.64 bits per heavy atom. The molecule has 36 heavy (non-hydrogen) atoms. The van der Waals surface area contributed by atoms with Gasteiger partial charge in [-0.15, -0.1) is 0 Å². The van der Waals surface area contributed by atoms with E-state index in [1.807, 2.05) is 44.5 Å². The van der Waals surface area contributed by atoms with Gasteiger partial charge in [-0.05, 0) is 83.3 Å². The van der Waals surface area contributed by atoms with Gasteiger partial charge in [0.05, 0.1) is 12.8 Å². The summed E-state index contributed by atoms with van der Waals surface area (Å²) in [5.74, 6) is 2.65. The largest absolute Gasteiger partial charge is 0.495 e. The van der Waals surface area contributed by atoms with E-state index in [0.717, 1.165) is 60.9 Å². The fourth-order valence-electron chi connectivity index (χ4n) is 4.67. The number of carbonyl (C=O) groups is 1. The van der Waals surface area contributed by atoms with Gasteiger partial charge in [0.25, 0.3) is 0 Å². The van der Waals surface area contributed by atoms with E-state index in [1.54, 1.807) is 13.2 Å². The topological polar surface area (TPSA) is 119 Å². The Morgan fingerprint density at radius 1 is 1.22 bits per heavy atom. The van der Waals surface area contributed by atoms with E-state index in [4.69, 9.17) is 15.2 Å². The molecule has 0 aliphatic carbocycles. The van der Waals surface area contributed by atoms with Crippen LogP contribution in [0.2, 0.25) is 0 Å². The molecule has 1 amide bonds. The molecule has 1 saturated heterocycles. The van der Waals surface area contributed by atoms with E-state index in [2.05, 4.69) is 31.7 Å². The molecule has 4 N–H and O–H groups in total. The molecule has 3 aromatic rings. The number of hydrogen-bond donors (Lipinski definition) is 3. The average molecular weight is 496 g/mol. The van der Waals surface area contributed by atoms with Gasteiger partial charge in [-0.2, -0.15) is 5.10 Å². The van der Waals surface area contributed by atoms with Crippen molar-refractivity contribution in [2.45, 2.75) is 45.6 Å². The van der Waals surface area contributed by atoms with Gasteiger partial charge in [0.1, 0.15) is 29.0 Å². The van der Waals surface area contributed by atoms with Crippen molar-refractivity contribution in [1.82, 2.24) is 19.9 Å². The predicted molar refractivity (Wildman–Crippen MR) is 143 cm³/mol. The van der Waals surface area contributed by atoms with Gasteiger partial charge in [0.2, 0.25) is 0 Å². The summed E-state index contributed by atoms with van der Waals surface area (Å²) in [4.78, 5) is 18.9. The number of benzene rings is 1. The number of nitrogens with zero attached hydrogens (tertiary/aromatic N) is 4. The Bertz CT molecular complexity index is 1210. The van der Waals surface area contributed by atoms with Gasteiger partial charge in [-0.25, -0.2) is 14.3 Å².